The van der Waals surface area contributed by atoms with Gasteiger partial charge in [0.2, 0.25) is 11.8 Å². The van der Waals surface area contributed by atoms with Crippen LogP contribution >= 0.6 is 0 Å². The summed E-state index contributed by atoms with van der Waals surface area (Å²) in [6.07, 6.45) is 0. The van der Waals surface area contributed by atoms with E-state index in [9.17, 15) is 18.8 Å². The number of nitrogens with two attached hydrogens (primary N) is 1. The van der Waals surface area contributed by atoms with Crippen LogP contribution in [-0.4, -0.2) is 83.0 Å². The molecule has 1 aromatic carbocycles. The molecule has 118 valence electrons. The van der Waals surface area contributed by atoms with Gasteiger partial charge >= 0.3 is 0 Å². The SMILES string of the molecule is [B]C1([B])c2c(N)cc(F)cc2C(=O)N1[C@]1([B])C(=O)NC(=O)C([B])([B])C1([B])[B]. The third-order valence-electron chi connectivity index (χ3n) is 4.95. The van der Waals surface area contributed by atoms with Crippen molar-refractivity contribution < 1.29 is 18.8 Å². The molecule has 2 heterocycles. The number of halogens is 1. The van der Waals surface area contributed by atoms with Crippen LogP contribution in [0.4, 0.5) is 10.1 Å². The summed E-state index contributed by atoms with van der Waals surface area (Å²) in [4.78, 5) is 37.9. The number of rotatable bonds is 1. The molecular formula is C13H5B7FN3O3. The Kier molecular flexibility index (Phi) is 3.88. The molecule has 3 amide bonds. The third-order valence-corrected chi connectivity index (χ3v) is 4.95. The van der Waals surface area contributed by atoms with Crippen molar-refractivity contribution in [3.05, 3.63) is 29.1 Å². The monoisotopic (exact) mass is 347 g/mol. The number of anilines is 1. The molecule has 3 N–H and O–H groups in total. The van der Waals surface area contributed by atoms with Crippen molar-refractivity contribution in [2.24, 2.45) is 0 Å². The predicted molar refractivity (Wildman–Crippen MR) is 100 cm³/mol. The summed E-state index contributed by atoms with van der Waals surface area (Å²) < 4.78 is 13.7. The number of nitrogens with zero attached hydrogens (tertiary/aromatic N) is 1. The molecule has 0 aliphatic carbocycles. The summed E-state index contributed by atoms with van der Waals surface area (Å²) in [6.45, 7) is 0. The van der Waals surface area contributed by atoms with Crippen molar-refractivity contribution >= 4 is 78.3 Å². The molecule has 1 atom stereocenters. The number of carbonyl (C=O) groups excluding carboxylic acids is 3. The molecule has 2 aliphatic rings. The molecule has 2 aliphatic heterocycles. The van der Waals surface area contributed by atoms with Gasteiger partial charge in [-0.3, -0.25) is 19.7 Å². The van der Waals surface area contributed by atoms with Crippen LogP contribution in [-0.2, 0) is 14.9 Å². The van der Waals surface area contributed by atoms with Crippen molar-refractivity contribution in [1.82, 2.24) is 10.2 Å². The molecule has 0 saturated carbocycles. The molecule has 1 aromatic rings. The minimum atomic E-state index is -2.81. The lowest BCUT2D eigenvalue weighted by molar-refractivity contribution is -0.141. The highest BCUT2D eigenvalue weighted by molar-refractivity contribution is 6.67. The molecule has 6 nitrogen and oxygen atoms in total. The Morgan fingerprint density at radius 1 is 0.963 bits per heavy atom. The lowest BCUT2D eigenvalue weighted by Gasteiger charge is -2.63. The van der Waals surface area contributed by atoms with E-state index in [2.05, 4.69) is 0 Å². The summed E-state index contributed by atoms with van der Waals surface area (Å²) >= 11 is 0. The second-order valence-corrected chi connectivity index (χ2v) is 6.67. The summed E-state index contributed by atoms with van der Waals surface area (Å²) in [5.74, 6) is -4.58. The van der Waals surface area contributed by atoms with E-state index >= 15 is 0 Å². The van der Waals surface area contributed by atoms with Gasteiger partial charge in [0, 0.05) is 11.3 Å². The minimum Gasteiger partial charge on any atom is -0.398 e. The molecule has 3 rings (SSSR count). The maximum Gasteiger partial charge on any atom is 0.253 e. The van der Waals surface area contributed by atoms with Gasteiger partial charge in [-0.1, -0.05) is 5.21 Å². The molecule has 0 spiro atoms. The Morgan fingerprint density at radius 3 is 2.07 bits per heavy atom. The number of nitrogen functional groups attached to an aromatic ring is 1. The first-order valence-corrected chi connectivity index (χ1v) is 7.44. The number of hydrogen-bond donors (Lipinski definition) is 2. The van der Waals surface area contributed by atoms with E-state index in [1.807, 2.05) is 0 Å². The summed E-state index contributed by atoms with van der Waals surface area (Å²) in [5, 5.41) is -5.94. The number of amides is 3. The standard InChI is InChI=1S/C13H5B7FN3O3/c14-10(15)8(26)23-9(27)11(16,13(10,19)20)24-7(25)4-1-3(21)2-5(22)6(4)12(24,17)18/h1-2H,22H2,(H,23,26,27)/t11-/m1/s1. The van der Waals surface area contributed by atoms with Crippen LogP contribution in [0.3, 0.4) is 0 Å². The number of hydrogen-bond acceptors (Lipinski definition) is 4. The van der Waals surface area contributed by atoms with Crippen LogP contribution in [0.5, 0.6) is 0 Å². The summed E-state index contributed by atoms with van der Waals surface area (Å²) in [6, 6.07) is 1.66. The van der Waals surface area contributed by atoms with Crippen LogP contribution in [0.15, 0.2) is 12.1 Å². The number of nitrogens with one attached hydrogen (secondary N) is 1. The lowest BCUT2D eigenvalue weighted by Crippen LogP contribution is -2.78. The van der Waals surface area contributed by atoms with Gasteiger partial charge in [0.1, 0.15) is 13.7 Å². The van der Waals surface area contributed by atoms with Gasteiger partial charge in [0.25, 0.3) is 5.91 Å². The zero-order chi connectivity index (χ0) is 20.7. The fourth-order valence-electron chi connectivity index (χ4n) is 3.38. The van der Waals surface area contributed by atoms with Crippen LogP contribution in [0.1, 0.15) is 15.9 Å². The van der Waals surface area contributed by atoms with E-state index in [-0.39, 0.29) is 16.8 Å². The number of piperidine rings is 1. The second kappa shape index (κ2) is 5.29. The smallest absolute Gasteiger partial charge is 0.253 e. The van der Waals surface area contributed by atoms with Gasteiger partial charge in [-0.25, -0.2) is 4.39 Å². The van der Waals surface area contributed by atoms with Crippen molar-refractivity contribution in [1.29, 1.82) is 0 Å². The van der Waals surface area contributed by atoms with Gasteiger partial charge in [0.05, 0.1) is 52.5 Å². The molecule has 14 heteroatoms. The van der Waals surface area contributed by atoms with Gasteiger partial charge in [-0.2, -0.15) is 0 Å². The molecule has 1 fully saturated rings. The Hall–Kier alpha value is -1.99. The van der Waals surface area contributed by atoms with Gasteiger partial charge < -0.3 is 10.6 Å². The van der Waals surface area contributed by atoms with Crippen molar-refractivity contribution in [3.8, 4) is 0 Å². The van der Waals surface area contributed by atoms with Crippen LogP contribution < -0.4 is 11.1 Å². The highest BCUT2D eigenvalue weighted by Crippen LogP contribution is 2.57. The first-order valence-electron chi connectivity index (χ1n) is 7.44. The van der Waals surface area contributed by atoms with E-state index in [0.29, 0.717) is 4.90 Å². The Morgan fingerprint density at radius 2 is 1.52 bits per heavy atom. The van der Waals surface area contributed by atoms with E-state index in [1.165, 1.54) is 0 Å². The number of imide groups is 1. The highest BCUT2D eigenvalue weighted by Gasteiger charge is 2.66. The van der Waals surface area contributed by atoms with Crippen molar-refractivity contribution in [2.75, 3.05) is 5.73 Å². The predicted octanol–water partition coefficient (Wildman–Crippen LogP) is -3.26. The summed E-state index contributed by atoms with van der Waals surface area (Å²) in [7, 11) is 41.3. The average Bonchev–Trinajstić information content (AvgIpc) is 2.71. The third kappa shape index (κ3) is 2.12. The van der Waals surface area contributed by atoms with Crippen molar-refractivity contribution in [2.45, 2.75) is 21.2 Å². The first-order chi connectivity index (χ1) is 12.1. The van der Waals surface area contributed by atoms with E-state index < -0.39 is 44.7 Å². The number of benzene rings is 1. The zero-order valence-electron chi connectivity index (χ0n) is 13.8. The van der Waals surface area contributed by atoms with Gasteiger partial charge in [-0.15, -0.1) is 0 Å². The molecule has 0 bridgehead atoms. The summed E-state index contributed by atoms with van der Waals surface area (Å²) in [5.41, 5.74) is 2.04. The zero-order valence-corrected chi connectivity index (χ0v) is 13.8. The van der Waals surface area contributed by atoms with E-state index in [4.69, 9.17) is 60.7 Å². The Balaban J connectivity index is 2.30. The van der Waals surface area contributed by atoms with E-state index in [0.717, 1.165) is 12.1 Å². The normalized spacial score (nSPS) is 27.9. The van der Waals surface area contributed by atoms with Crippen LogP contribution in [0.25, 0.3) is 0 Å². The van der Waals surface area contributed by atoms with E-state index in [1.54, 1.807) is 5.32 Å². The molecule has 14 radical (unpaired) electrons. The number of carbonyl (C=O) groups is 3. The maximum atomic E-state index is 13.7. The number of fused-ring (bicyclic) bond motifs is 1. The Bertz CT molecular complexity index is 923. The largest absolute Gasteiger partial charge is 0.398 e. The quantitative estimate of drug-likeness (QED) is 0.317. The van der Waals surface area contributed by atoms with Gasteiger partial charge in [0.15, 0.2) is 0 Å². The second-order valence-electron chi connectivity index (χ2n) is 6.67. The van der Waals surface area contributed by atoms with Crippen LogP contribution in [0.2, 0.25) is 10.4 Å². The molecule has 0 aromatic heterocycles. The van der Waals surface area contributed by atoms with Crippen LogP contribution in [0, 0.1) is 5.82 Å². The maximum absolute atomic E-state index is 13.7. The molecule has 27 heavy (non-hydrogen) atoms. The fraction of sp³-hybridized carbons (Fsp3) is 0.308. The topological polar surface area (TPSA) is 92.5 Å². The van der Waals surface area contributed by atoms with Crippen molar-refractivity contribution in [3.63, 3.8) is 0 Å². The lowest BCUT2D eigenvalue weighted by atomic mass is 9.21. The fourth-order valence-corrected chi connectivity index (χ4v) is 3.38. The highest BCUT2D eigenvalue weighted by atomic mass is 19.1. The molecule has 1 saturated heterocycles. The molecular weight excluding hydrogens is 341 g/mol. The average molecular weight is 346 g/mol. The minimum absolute atomic E-state index is 0.223. The first kappa shape index (κ1) is 19.8. The molecule has 0 unspecified atom stereocenters. The Labute approximate surface area is 163 Å². The van der Waals surface area contributed by atoms with Gasteiger partial charge in [-0.05, 0) is 28.2 Å².